The van der Waals surface area contributed by atoms with Crippen LogP contribution < -0.4 is 4.90 Å². The molecule has 1 aliphatic heterocycles. The van der Waals surface area contributed by atoms with Gasteiger partial charge in [0.25, 0.3) is 0 Å². The zero-order chi connectivity index (χ0) is 21.5. The van der Waals surface area contributed by atoms with Gasteiger partial charge in [-0.25, -0.2) is 19.3 Å². The second-order valence-corrected chi connectivity index (χ2v) is 9.33. The number of piperazine rings is 1. The minimum absolute atomic E-state index is 0.688. The van der Waals surface area contributed by atoms with Gasteiger partial charge in [-0.15, -0.1) is 0 Å². The van der Waals surface area contributed by atoms with E-state index in [1.165, 1.54) is 0 Å². The van der Waals surface area contributed by atoms with Crippen molar-refractivity contribution < 1.29 is 0 Å². The summed E-state index contributed by atoms with van der Waals surface area (Å²) in [6.07, 6.45) is 5.37. The summed E-state index contributed by atoms with van der Waals surface area (Å²) in [5.41, 5.74) is 2.57. The van der Waals surface area contributed by atoms with Gasteiger partial charge in [-0.3, -0.25) is 4.68 Å². The largest absolute Gasteiger partial charge is 0.352 e. The Morgan fingerprint density at radius 2 is 1.84 bits per heavy atom. The summed E-state index contributed by atoms with van der Waals surface area (Å²) in [6, 6.07) is 5.54. The molecule has 31 heavy (non-hydrogen) atoms. The molecule has 0 bridgehead atoms. The maximum atomic E-state index is 6.32. The van der Waals surface area contributed by atoms with Crippen molar-refractivity contribution in [2.75, 3.05) is 31.1 Å². The number of halogens is 2. The molecule has 0 amide bonds. The molecular formula is C20H20Cl2N8S. The number of anilines is 1. The van der Waals surface area contributed by atoms with Crippen molar-refractivity contribution in [3.05, 3.63) is 47.0 Å². The van der Waals surface area contributed by atoms with Crippen molar-refractivity contribution in [1.29, 1.82) is 0 Å². The van der Waals surface area contributed by atoms with Crippen LogP contribution in [0.5, 0.6) is 0 Å². The van der Waals surface area contributed by atoms with Crippen molar-refractivity contribution >= 4 is 52.1 Å². The lowest BCUT2D eigenvalue weighted by atomic mass is 10.3. The fourth-order valence-electron chi connectivity index (χ4n) is 3.69. The average Bonchev–Trinajstić information content (AvgIpc) is 3.34. The molecule has 3 aromatic heterocycles. The van der Waals surface area contributed by atoms with Crippen LogP contribution in [0, 0.1) is 0 Å². The van der Waals surface area contributed by atoms with E-state index >= 15 is 0 Å². The van der Waals surface area contributed by atoms with Gasteiger partial charge in [-0.1, -0.05) is 23.2 Å². The Labute approximate surface area is 193 Å². The number of fused-ring (bicyclic) bond motifs is 1. The number of imidazole rings is 1. The van der Waals surface area contributed by atoms with Crippen LogP contribution in [0.4, 0.5) is 5.82 Å². The highest BCUT2D eigenvalue weighted by molar-refractivity contribution is 7.97. The number of nitrogens with zero attached hydrogens (tertiary/aromatic N) is 8. The average molecular weight is 475 g/mol. The van der Waals surface area contributed by atoms with Gasteiger partial charge in [-0.05, 0) is 30.1 Å². The first-order chi connectivity index (χ1) is 15.0. The Kier molecular flexibility index (Phi) is 5.51. The van der Waals surface area contributed by atoms with E-state index in [9.17, 15) is 0 Å². The van der Waals surface area contributed by atoms with Crippen LogP contribution in [-0.4, -0.2) is 59.8 Å². The summed E-state index contributed by atoms with van der Waals surface area (Å²) in [5, 5.41) is 5.66. The van der Waals surface area contributed by atoms with Crippen molar-refractivity contribution in [3.63, 3.8) is 0 Å². The van der Waals surface area contributed by atoms with Gasteiger partial charge < -0.3 is 9.47 Å². The monoisotopic (exact) mass is 474 g/mol. The molecule has 8 nitrogen and oxygen atoms in total. The molecule has 11 heteroatoms. The van der Waals surface area contributed by atoms with E-state index in [4.69, 9.17) is 28.2 Å². The number of benzene rings is 1. The molecule has 0 saturated carbocycles. The second-order valence-electron chi connectivity index (χ2n) is 7.35. The highest BCUT2D eigenvalue weighted by Crippen LogP contribution is 2.34. The zero-order valence-corrected chi connectivity index (χ0v) is 19.4. The minimum Gasteiger partial charge on any atom is -0.352 e. The second kappa shape index (κ2) is 8.31. The molecule has 1 aromatic carbocycles. The Balaban J connectivity index is 1.37. The third-order valence-corrected chi connectivity index (χ3v) is 7.09. The summed E-state index contributed by atoms with van der Waals surface area (Å²) >= 11 is 14.1. The molecule has 160 valence electrons. The topological polar surface area (TPSA) is 67.9 Å². The summed E-state index contributed by atoms with van der Waals surface area (Å²) in [7, 11) is 3.86. The predicted octanol–water partition coefficient (Wildman–Crippen LogP) is 3.90. The highest BCUT2D eigenvalue weighted by atomic mass is 35.5. The lowest BCUT2D eigenvalue weighted by Gasteiger charge is -2.34. The lowest BCUT2D eigenvalue weighted by Crippen LogP contribution is -2.43. The van der Waals surface area contributed by atoms with E-state index in [1.54, 1.807) is 29.0 Å². The van der Waals surface area contributed by atoms with E-state index in [1.807, 2.05) is 43.2 Å². The predicted molar refractivity (Wildman–Crippen MR) is 125 cm³/mol. The van der Waals surface area contributed by atoms with Gasteiger partial charge in [0.2, 0.25) is 0 Å². The SMILES string of the molecule is Cn1cc(-c2nc3c(N4CCN(Sc5cc(Cl)ccc5Cl)CC4)ncnc3n2C)cn1. The normalized spacial score (nSPS) is 15.2. The molecule has 1 saturated heterocycles. The molecule has 4 heterocycles. The summed E-state index contributed by atoms with van der Waals surface area (Å²) in [5.74, 6) is 1.69. The quantitative estimate of drug-likeness (QED) is 0.415. The molecule has 1 fully saturated rings. The van der Waals surface area contributed by atoms with Crippen LogP contribution in [0.3, 0.4) is 0 Å². The van der Waals surface area contributed by atoms with E-state index in [0.29, 0.717) is 10.0 Å². The third-order valence-electron chi connectivity index (χ3n) is 5.26. The van der Waals surface area contributed by atoms with Crippen molar-refractivity contribution in [2.24, 2.45) is 14.1 Å². The molecular weight excluding hydrogens is 455 g/mol. The zero-order valence-electron chi connectivity index (χ0n) is 17.0. The van der Waals surface area contributed by atoms with Crippen LogP contribution in [0.25, 0.3) is 22.6 Å². The van der Waals surface area contributed by atoms with Gasteiger partial charge in [-0.2, -0.15) is 5.10 Å². The highest BCUT2D eigenvalue weighted by Gasteiger charge is 2.24. The van der Waals surface area contributed by atoms with Gasteiger partial charge in [0.05, 0.1) is 16.8 Å². The Morgan fingerprint density at radius 1 is 1.03 bits per heavy atom. The molecule has 0 radical (unpaired) electrons. The molecule has 1 aliphatic rings. The van der Waals surface area contributed by atoms with Crippen molar-refractivity contribution in [3.8, 4) is 11.4 Å². The van der Waals surface area contributed by atoms with E-state index in [2.05, 4.69) is 24.3 Å². The fraction of sp³-hybridized carbons (Fsp3) is 0.300. The Morgan fingerprint density at radius 3 is 2.58 bits per heavy atom. The Hall–Kier alpha value is -2.33. The van der Waals surface area contributed by atoms with E-state index in [-0.39, 0.29) is 0 Å². The molecule has 0 N–H and O–H groups in total. The molecule has 0 atom stereocenters. The molecule has 0 unspecified atom stereocenters. The molecule has 5 rings (SSSR count). The van der Waals surface area contributed by atoms with Crippen LogP contribution in [0.2, 0.25) is 10.0 Å². The van der Waals surface area contributed by atoms with Crippen LogP contribution in [-0.2, 0) is 14.1 Å². The smallest absolute Gasteiger partial charge is 0.165 e. The van der Waals surface area contributed by atoms with Crippen LogP contribution in [0.1, 0.15) is 0 Å². The lowest BCUT2D eigenvalue weighted by molar-refractivity contribution is 0.428. The Bertz CT molecular complexity index is 1250. The number of hydrogen-bond donors (Lipinski definition) is 0. The third kappa shape index (κ3) is 3.98. The standard InChI is InChI=1S/C20H20Cl2N8S/c1-27-11-13(10-25-27)18-26-17-19(28(18)2)23-12-24-20(17)29-5-7-30(8-6-29)31-16-9-14(21)3-4-15(16)22/h3-4,9-12H,5-8H2,1-2H3. The first-order valence-corrected chi connectivity index (χ1v) is 11.3. The molecule has 0 aliphatic carbocycles. The molecule has 4 aromatic rings. The molecule has 0 spiro atoms. The van der Waals surface area contributed by atoms with Gasteiger partial charge in [0.15, 0.2) is 17.0 Å². The van der Waals surface area contributed by atoms with Crippen molar-refractivity contribution in [2.45, 2.75) is 4.90 Å². The minimum atomic E-state index is 0.688. The maximum Gasteiger partial charge on any atom is 0.165 e. The van der Waals surface area contributed by atoms with Crippen LogP contribution in [0.15, 0.2) is 41.8 Å². The maximum absolute atomic E-state index is 6.32. The summed E-state index contributed by atoms with van der Waals surface area (Å²) < 4.78 is 6.06. The van der Waals surface area contributed by atoms with Crippen LogP contribution >= 0.6 is 35.1 Å². The van der Waals surface area contributed by atoms with Gasteiger partial charge >= 0.3 is 0 Å². The number of rotatable bonds is 4. The first-order valence-electron chi connectivity index (χ1n) is 9.79. The van der Waals surface area contributed by atoms with E-state index < -0.39 is 0 Å². The number of aryl methyl sites for hydroxylation is 2. The summed E-state index contributed by atoms with van der Waals surface area (Å²) in [4.78, 5) is 17.2. The van der Waals surface area contributed by atoms with Gasteiger partial charge in [0, 0.05) is 56.4 Å². The summed E-state index contributed by atoms with van der Waals surface area (Å²) in [6.45, 7) is 3.38. The first kappa shape index (κ1) is 20.6. The fourth-order valence-corrected chi connectivity index (χ4v) is 5.11. The number of aromatic nitrogens is 6. The number of hydrogen-bond acceptors (Lipinski definition) is 7. The van der Waals surface area contributed by atoms with E-state index in [0.717, 1.165) is 59.4 Å². The van der Waals surface area contributed by atoms with Crippen molar-refractivity contribution in [1.82, 2.24) is 33.6 Å². The van der Waals surface area contributed by atoms with Gasteiger partial charge in [0.1, 0.15) is 12.2 Å².